The number of nitrogens with one attached hydrogen (secondary N) is 2. The average molecular weight is 433 g/mol. The number of hydrogen-bond acceptors (Lipinski definition) is 4. The zero-order chi connectivity index (χ0) is 20.5. The van der Waals surface area contributed by atoms with Gasteiger partial charge in [0.05, 0.1) is 20.3 Å². The van der Waals surface area contributed by atoms with Gasteiger partial charge in [-0.15, -0.1) is 12.4 Å². The van der Waals surface area contributed by atoms with Crippen molar-refractivity contribution >= 4 is 18.3 Å². The van der Waals surface area contributed by atoms with Crippen LogP contribution in [0.2, 0.25) is 0 Å². The quantitative estimate of drug-likeness (QED) is 0.620. The Labute approximate surface area is 186 Å². The Morgan fingerprint density at radius 3 is 2.43 bits per heavy atom. The van der Waals surface area contributed by atoms with Crippen LogP contribution in [0.3, 0.4) is 0 Å². The van der Waals surface area contributed by atoms with Crippen LogP contribution in [0.25, 0.3) is 0 Å². The van der Waals surface area contributed by atoms with Crippen molar-refractivity contribution in [3.63, 3.8) is 0 Å². The molecule has 0 saturated carbocycles. The maximum Gasteiger partial charge on any atom is 0.220 e. The molecule has 1 heterocycles. The van der Waals surface area contributed by atoms with Crippen molar-refractivity contribution in [1.82, 2.24) is 10.6 Å². The third-order valence-electron chi connectivity index (χ3n) is 5.66. The van der Waals surface area contributed by atoms with Gasteiger partial charge < -0.3 is 20.1 Å². The summed E-state index contributed by atoms with van der Waals surface area (Å²) in [5.74, 6) is 2.19. The molecule has 2 aromatic carbocycles. The molecule has 0 spiro atoms. The molecule has 6 heteroatoms. The summed E-state index contributed by atoms with van der Waals surface area (Å²) in [7, 11) is 3.27. The predicted molar refractivity (Wildman–Crippen MR) is 123 cm³/mol. The van der Waals surface area contributed by atoms with Crippen LogP contribution >= 0.6 is 12.4 Å². The first-order valence-electron chi connectivity index (χ1n) is 10.5. The van der Waals surface area contributed by atoms with Crippen molar-refractivity contribution in [2.45, 2.75) is 38.1 Å². The minimum Gasteiger partial charge on any atom is -0.493 e. The number of ether oxygens (including phenoxy) is 2. The molecule has 0 radical (unpaired) electrons. The van der Waals surface area contributed by atoms with E-state index in [1.54, 1.807) is 14.2 Å². The van der Waals surface area contributed by atoms with E-state index in [1.807, 2.05) is 36.4 Å². The Balaban J connectivity index is 0.00000320. The fraction of sp³-hybridized carbons (Fsp3) is 0.458. The highest BCUT2D eigenvalue weighted by atomic mass is 35.5. The summed E-state index contributed by atoms with van der Waals surface area (Å²) in [5.41, 5.74) is 2.20. The molecule has 1 fully saturated rings. The molecule has 30 heavy (non-hydrogen) atoms. The maximum absolute atomic E-state index is 12.7. The summed E-state index contributed by atoms with van der Waals surface area (Å²) in [6, 6.07) is 16.0. The van der Waals surface area contributed by atoms with Gasteiger partial charge in [-0.25, -0.2) is 0 Å². The number of methoxy groups -OCH3 is 2. The molecule has 3 rings (SSSR count). The summed E-state index contributed by atoms with van der Waals surface area (Å²) in [6.07, 6.45) is 4.58. The summed E-state index contributed by atoms with van der Waals surface area (Å²) in [6.45, 7) is 2.14. The van der Waals surface area contributed by atoms with Crippen LogP contribution in [0, 0.1) is 5.92 Å². The van der Waals surface area contributed by atoms with E-state index in [0.717, 1.165) is 30.6 Å². The number of benzene rings is 2. The number of amides is 1. The maximum atomic E-state index is 12.7. The molecular formula is C24H33ClN2O3. The smallest absolute Gasteiger partial charge is 0.220 e. The standard InChI is InChI=1S/C24H32N2O3.ClH/c1-28-22-10-8-19(17-23(22)29-2)16-21(20-6-4-3-5-7-20)26-24(27)11-9-18-12-14-25-15-13-18;/h3-8,10,17-18,21,25H,9,11-16H2,1-2H3,(H,26,27);1H. The van der Waals surface area contributed by atoms with E-state index >= 15 is 0 Å². The van der Waals surface area contributed by atoms with Crippen LogP contribution in [0.1, 0.15) is 42.9 Å². The van der Waals surface area contributed by atoms with Gasteiger partial charge in [-0.1, -0.05) is 36.4 Å². The van der Waals surface area contributed by atoms with Crippen LogP contribution in [0.4, 0.5) is 0 Å². The summed E-state index contributed by atoms with van der Waals surface area (Å²) in [5, 5.41) is 6.64. The monoisotopic (exact) mass is 432 g/mol. The highest BCUT2D eigenvalue weighted by molar-refractivity contribution is 5.85. The van der Waals surface area contributed by atoms with Crippen molar-refractivity contribution in [1.29, 1.82) is 0 Å². The zero-order valence-electron chi connectivity index (χ0n) is 17.9. The first-order chi connectivity index (χ1) is 14.2. The fourth-order valence-corrected chi connectivity index (χ4v) is 3.95. The second-order valence-corrected chi connectivity index (χ2v) is 7.66. The van der Waals surface area contributed by atoms with Gasteiger partial charge in [0, 0.05) is 6.42 Å². The number of hydrogen-bond donors (Lipinski definition) is 2. The third kappa shape index (κ3) is 6.92. The van der Waals surface area contributed by atoms with Crippen molar-refractivity contribution in [3.8, 4) is 11.5 Å². The molecule has 1 amide bonds. The molecule has 164 valence electrons. The Bertz CT molecular complexity index is 779. The molecule has 1 unspecified atom stereocenters. The molecule has 1 saturated heterocycles. The van der Waals surface area contributed by atoms with Gasteiger partial charge in [-0.3, -0.25) is 4.79 Å². The number of piperidine rings is 1. The van der Waals surface area contributed by atoms with E-state index in [0.29, 0.717) is 30.3 Å². The minimum atomic E-state index is -0.0742. The Morgan fingerprint density at radius 2 is 1.77 bits per heavy atom. The van der Waals surface area contributed by atoms with Gasteiger partial charge in [0.25, 0.3) is 0 Å². The summed E-state index contributed by atoms with van der Waals surface area (Å²) >= 11 is 0. The molecular weight excluding hydrogens is 400 g/mol. The van der Waals surface area contributed by atoms with Crippen molar-refractivity contribution in [3.05, 3.63) is 59.7 Å². The van der Waals surface area contributed by atoms with Crippen molar-refractivity contribution in [2.24, 2.45) is 5.92 Å². The first-order valence-corrected chi connectivity index (χ1v) is 10.5. The van der Waals surface area contributed by atoms with E-state index in [4.69, 9.17) is 9.47 Å². The molecule has 5 nitrogen and oxygen atoms in total. The highest BCUT2D eigenvalue weighted by Crippen LogP contribution is 2.29. The van der Waals surface area contributed by atoms with E-state index < -0.39 is 0 Å². The summed E-state index contributed by atoms with van der Waals surface area (Å²) < 4.78 is 10.8. The largest absolute Gasteiger partial charge is 0.493 e. The van der Waals surface area contributed by atoms with Crippen LogP contribution in [-0.4, -0.2) is 33.2 Å². The van der Waals surface area contributed by atoms with Gasteiger partial charge in [0.15, 0.2) is 11.5 Å². The molecule has 1 aliphatic heterocycles. The van der Waals surface area contributed by atoms with Crippen LogP contribution < -0.4 is 20.1 Å². The Morgan fingerprint density at radius 1 is 1.07 bits per heavy atom. The minimum absolute atomic E-state index is 0. The zero-order valence-corrected chi connectivity index (χ0v) is 18.7. The van der Waals surface area contributed by atoms with Crippen molar-refractivity contribution < 1.29 is 14.3 Å². The molecule has 0 aromatic heterocycles. The molecule has 0 aliphatic carbocycles. The van der Waals surface area contributed by atoms with Gasteiger partial charge in [-0.2, -0.15) is 0 Å². The second-order valence-electron chi connectivity index (χ2n) is 7.66. The lowest BCUT2D eigenvalue weighted by molar-refractivity contribution is -0.122. The number of carbonyl (C=O) groups is 1. The van der Waals surface area contributed by atoms with E-state index in [9.17, 15) is 4.79 Å². The first kappa shape index (κ1) is 24.0. The number of carbonyl (C=O) groups excluding carboxylic acids is 1. The topological polar surface area (TPSA) is 59.6 Å². The third-order valence-corrected chi connectivity index (χ3v) is 5.66. The van der Waals surface area contributed by atoms with Gasteiger partial charge >= 0.3 is 0 Å². The lowest BCUT2D eigenvalue weighted by atomic mass is 9.92. The lowest BCUT2D eigenvalue weighted by Crippen LogP contribution is -2.32. The SMILES string of the molecule is COc1ccc(CC(NC(=O)CCC2CCNCC2)c2ccccc2)cc1OC.Cl. The molecule has 0 bridgehead atoms. The average Bonchev–Trinajstić information content (AvgIpc) is 2.78. The normalized spacial score (nSPS) is 15.0. The molecule has 2 N–H and O–H groups in total. The van der Waals surface area contributed by atoms with Crippen LogP contribution in [0.5, 0.6) is 11.5 Å². The number of halogens is 1. The van der Waals surface area contributed by atoms with Gasteiger partial charge in [0.2, 0.25) is 5.91 Å². The molecule has 2 aromatic rings. The second kappa shape index (κ2) is 12.5. The van der Waals surface area contributed by atoms with Gasteiger partial charge in [-0.05, 0) is 68.0 Å². The highest BCUT2D eigenvalue weighted by Gasteiger charge is 2.19. The Kier molecular flexibility index (Phi) is 9.98. The van der Waals surface area contributed by atoms with Crippen LogP contribution in [-0.2, 0) is 11.2 Å². The fourth-order valence-electron chi connectivity index (χ4n) is 3.95. The lowest BCUT2D eigenvalue weighted by Gasteiger charge is -2.23. The van der Waals surface area contributed by atoms with E-state index in [-0.39, 0.29) is 24.4 Å². The number of rotatable bonds is 9. The Hall–Kier alpha value is -2.24. The molecule has 1 aliphatic rings. The van der Waals surface area contributed by atoms with Crippen LogP contribution in [0.15, 0.2) is 48.5 Å². The predicted octanol–water partition coefficient (Wildman–Crippen LogP) is 4.31. The van der Waals surface area contributed by atoms with E-state index in [1.165, 1.54) is 12.8 Å². The van der Waals surface area contributed by atoms with E-state index in [2.05, 4.69) is 22.8 Å². The summed E-state index contributed by atoms with van der Waals surface area (Å²) in [4.78, 5) is 12.7. The van der Waals surface area contributed by atoms with Crippen molar-refractivity contribution in [2.75, 3.05) is 27.3 Å². The van der Waals surface area contributed by atoms with Gasteiger partial charge in [0.1, 0.15) is 0 Å². The molecule has 1 atom stereocenters.